The minimum Gasteiger partial charge on any atom is -0.313 e. The maximum absolute atomic E-state index is 13.1. The van der Waals surface area contributed by atoms with Gasteiger partial charge in [0.2, 0.25) is 0 Å². The van der Waals surface area contributed by atoms with Crippen LogP contribution in [0.15, 0.2) is 24.4 Å². The third-order valence-corrected chi connectivity index (χ3v) is 3.71. The monoisotopic (exact) mass is 281 g/mol. The predicted molar refractivity (Wildman–Crippen MR) is 74.9 cm³/mol. The quantitative estimate of drug-likeness (QED) is 0.934. The van der Waals surface area contributed by atoms with Crippen LogP contribution in [0.2, 0.25) is 5.02 Å². The average Bonchev–Trinajstić information content (AvgIpc) is 2.72. The van der Waals surface area contributed by atoms with E-state index < -0.39 is 0 Å². The fraction of sp³-hybridized carbons (Fsp3) is 0.357. The lowest BCUT2D eigenvalue weighted by Crippen LogP contribution is -2.19. The van der Waals surface area contributed by atoms with Crippen LogP contribution >= 0.6 is 11.6 Å². The van der Waals surface area contributed by atoms with Crippen LogP contribution in [0.4, 0.5) is 4.39 Å². The molecule has 5 heteroatoms. The van der Waals surface area contributed by atoms with Gasteiger partial charge in [-0.1, -0.05) is 17.7 Å². The van der Waals surface area contributed by atoms with Gasteiger partial charge in [-0.05, 0) is 38.1 Å². The van der Waals surface area contributed by atoms with Gasteiger partial charge in [0.1, 0.15) is 5.82 Å². The fourth-order valence-electron chi connectivity index (χ4n) is 2.13. The molecule has 0 bridgehead atoms. The number of rotatable bonds is 4. The largest absolute Gasteiger partial charge is 0.313 e. The Bertz CT molecular complexity index is 580. The molecule has 0 saturated heterocycles. The Balaban J connectivity index is 2.24. The summed E-state index contributed by atoms with van der Waals surface area (Å²) in [6, 6.07) is 4.97. The molecule has 0 aliphatic carbocycles. The van der Waals surface area contributed by atoms with E-state index in [1.165, 1.54) is 6.07 Å². The van der Waals surface area contributed by atoms with Crippen LogP contribution in [0.25, 0.3) is 0 Å². The third kappa shape index (κ3) is 2.96. The zero-order valence-corrected chi connectivity index (χ0v) is 12.0. The number of hydrogen-bond acceptors (Lipinski definition) is 2. The van der Waals surface area contributed by atoms with E-state index in [0.29, 0.717) is 0 Å². The van der Waals surface area contributed by atoms with Gasteiger partial charge in [0.25, 0.3) is 0 Å². The van der Waals surface area contributed by atoms with Crippen molar-refractivity contribution in [3.05, 3.63) is 52.1 Å². The first kappa shape index (κ1) is 14.0. The van der Waals surface area contributed by atoms with Gasteiger partial charge in [-0.3, -0.25) is 4.68 Å². The SMILES string of the molecule is CNC(Cc1ccc(F)c(Cl)c1)c1cnn(C)c1C. The Hall–Kier alpha value is -1.39. The lowest BCUT2D eigenvalue weighted by atomic mass is 9.99. The highest BCUT2D eigenvalue weighted by molar-refractivity contribution is 6.30. The average molecular weight is 282 g/mol. The molecule has 1 N–H and O–H groups in total. The van der Waals surface area contributed by atoms with Gasteiger partial charge in [-0.2, -0.15) is 5.10 Å². The van der Waals surface area contributed by atoms with Crippen molar-refractivity contribution >= 4 is 11.6 Å². The van der Waals surface area contributed by atoms with Gasteiger partial charge in [-0.25, -0.2) is 4.39 Å². The van der Waals surface area contributed by atoms with Crippen LogP contribution in [0, 0.1) is 12.7 Å². The molecule has 1 unspecified atom stereocenters. The summed E-state index contributed by atoms with van der Waals surface area (Å²) in [6.07, 6.45) is 2.60. The summed E-state index contributed by atoms with van der Waals surface area (Å²) in [5.74, 6) is -0.385. The minimum atomic E-state index is -0.385. The summed E-state index contributed by atoms with van der Waals surface area (Å²) in [6.45, 7) is 2.03. The highest BCUT2D eigenvalue weighted by atomic mass is 35.5. The van der Waals surface area contributed by atoms with Gasteiger partial charge < -0.3 is 5.32 Å². The molecule has 0 saturated carbocycles. The molecule has 19 heavy (non-hydrogen) atoms. The summed E-state index contributed by atoms with van der Waals surface area (Å²) in [5.41, 5.74) is 3.26. The Kier molecular flexibility index (Phi) is 4.22. The van der Waals surface area contributed by atoms with Gasteiger partial charge in [-0.15, -0.1) is 0 Å². The molecule has 0 amide bonds. The van der Waals surface area contributed by atoms with Gasteiger partial charge in [0.05, 0.1) is 11.2 Å². The standard InChI is InChI=1S/C14H17ClFN3/c1-9-11(8-18-19(9)3)14(17-2)7-10-4-5-13(16)12(15)6-10/h4-6,8,14,17H,7H2,1-3H3. The molecular formula is C14H17ClFN3. The number of hydrogen-bond donors (Lipinski definition) is 1. The highest BCUT2D eigenvalue weighted by Crippen LogP contribution is 2.23. The van der Waals surface area contributed by atoms with Crippen molar-refractivity contribution in [2.24, 2.45) is 7.05 Å². The third-order valence-electron chi connectivity index (χ3n) is 3.42. The van der Waals surface area contributed by atoms with Gasteiger partial charge in [0, 0.05) is 24.3 Å². The first-order valence-electron chi connectivity index (χ1n) is 6.12. The second-order valence-electron chi connectivity index (χ2n) is 4.60. The molecule has 3 nitrogen and oxygen atoms in total. The van der Waals surface area contributed by atoms with Crippen molar-refractivity contribution < 1.29 is 4.39 Å². The summed E-state index contributed by atoms with van der Waals surface area (Å²) in [7, 11) is 3.82. The number of aryl methyl sites for hydroxylation is 1. The zero-order valence-electron chi connectivity index (χ0n) is 11.2. The van der Waals surface area contributed by atoms with Crippen LogP contribution in [0.1, 0.15) is 22.9 Å². The van der Waals surface area contributed by atoms with E-state index in [0.717, 1.165) is 23.2 Å². The first-order valence-corrected chi connectivity index (χ1v) is 6.50. The Morgan fingerprint density at radius 3 is 2.74 bits per heavy atom. The van der Waals surface area contributed by atoms with Crippen LogP contribution in [0.3, 0.4) is 0 Å². The Morgan fingerprint density at radius 1 is 1.47 bits per heavy atom. The van der Waals surface area contributed by atoms with Crippen molar-refractivity contribution in [3.63, 3.8) is 0 Å². The van der Waals surface area contributed by atoms with Crippen LogP contribution in [0.5, 0.6) is 0 Å². The van der Waals surface area contributed by atoms with Gasteiger partial charge in [0.15, 0.2) is 0 Å². The van der Waals surface area contributed by atoms with E-state index in [1.807, 2.05) is 31.9 Å². The Morgan fingerprint density at radius 2 is 2.21 bits per heavy atom. The van der Waals surface area contributed by atoms with E-state index in [1.54, 1.807) is 12.1 Å². The molecule has 0 fully saturated rings. The number of nitrogens with one attached hydrogen (secondary N) is 1. The second-order valence-corrected chi connectivity index (χ2v) is 5.01. The van der Waals surface area contributed by atoms with Crippen molar-refractivity contribution in [1.82, 2.24) is 15.1 Å². The molecule has 1 aromatic heterocycles. The number of halogens is 2. The van der Waals surface area contributed by atoms with Crippen molar-refractivity contribution in [3.8, 4) is 0 Å². The first-order chi connectivity index (χ1) is 9.02. The molecule has 102 valence electrons. The molecular weight excluding hydrogens is 265 g/mol. The maximum Gasteiger partial charge on any atom is 0.141 e. The predicted octanol–water partition coefficient (Wildman–Crippen LogP) is 3.02. The number of nitrogens with zero attached hydrogens (tertiary/aromatic N) is 2. The van der Waals surface area contributed by atoms with Crippen molar-refractivity contribution in [2.75, 3.05) is 7.05 Å². The summed E-state index contributed by atoms with van der Waals surface area (Å²) in [5, 5.41) is 7.68. The lowest BCUT2D eigenvalue weighted by molar-refractivity contribution is 0.584. The topological polar surface area (TPSA) is 29.9 Å². The number of likely N-dealkylation sites (N-methyl/N-ethyl adjacent to an activating group) is 1. The molecule has 2 aromatic rings. The van der Waals surface area contributed by atoms with Crippen molar-refractivity contribution in [2.45, 2.75) is 19.4 Å². The summed E-state index contributed by atoms with van der Waals surface area (Å²) >= 11 is 5.81. The molecule has 1 atom stereocenters. The van der Waals surface area contributed by atoms with Crippen LogP contribution in [-0.4, -0.2) is 16.8 Å². The molecule has 1 aromatic carbocycles. The molecule has 0 spiro atoms. The molecule has 0 aliphatic rings. The van der Waals surface area contributed by atoms with E-state index >= 15 is 0 Å². The molecule has 0 aliphatic heterocycles. The van der Waals surface area contributed by atoms with Gasteiger partial charge >= 0.3 is 0 Å². The smallest absolute Gasteiger partial charge is 0.141 e. The van der Waals surface area contributed by atoms with Crippen LogP contribution in [-0.2, 0) is 13.5 Å². The second kappa shape index (κ2) is 5.72. The van der Waals surface area contributed by atoms with E-state index in [-0.39, 0.29) is 16.9 Å². The van der Waals surface area contributed by atoms with E-state index in [9.17, 15) is 4.39 Å². The van der Waals surface area contributed by atoms with E-state index in [4.69, 9.17) is 11.6 Å². The minimum absolute atomic E-state index is 0.134. The summed E-state index contributed by atoms with van der Waals surface area (Å²) < 4.78 is 15.0. The normalized spacial score (nSPS) is 12.7. The lowest BCUT2D eigenvalue weighted by Gasteiger charge is -2.16. The number of benzene rings is 1. The van der Waals surface area contributed by atoms with Crippen molar-refractivity contribution in [1.29, 1.82) is 0 Å². The molecule has 2 rings (SSSR count). The Labute approximate surface area is 117 Å². The summed E-state index contributed by atoms with van der Waals surface area (Å²) in [4.78, 5) is 0. The van der Waals surface area contributed by atoms with E-state index in [2.05, 4.69) is 10.4 Å². The van der Waals surface area contributed by atoms with Crippen LogP contribution < -0.4 is 5.32 Å². The maximum atomic E-state index is 13.1. The highest BCUT2D eigenvalue weighted by Gasteiger charge is 2.16. The molecule has 0 radical (unpaired) electrons. The number of aromatic nitrogens is 2. The molecule has 1 heterocycles. The fourth-order valence-corrected chi connectivity index (χ4v) is 2.33. The zero-order chi connectivity index (χ0) is 14.0.